The van der Waals surface area contributed by atoms with Gasteiger partial charge in [0.1, 0.15) is 11.2 Å². The first-order valence-electron chi connectivity index (χ1n) is 12.9. The number of carbonyl (C=O) groups excluding carboxylic acids is 3. The number of imide groups is 1. The molecule has 2 aromatic rings. The molecular weight excluding hydrogens is 480 g/mol. The lowest BCUT2D eigenvalue weighted by atomic mass is 9.88. The minimum Gasteiger partial charge on any atom is -0.443 e. The summed E-state index contributed by atoms with van der Waals surface area (Å²) < 4.78 is 11.0. The molecule has 38 heavy (non-hydrogen) atoms. The van der Waals surface area contributed by atoms with E-state index in [0.29, 0.717) is 24.2 Å². The summed E-state index contributed by atoms with van der Waals surface area (Å²) in [5.41, 5.74) is 1.54. The Morgan fingerprint density at radius 1 is 0.921 bits per heavy atom. The van der Waals surface area contributed by atoms with Crippen molar-refractivity contribution in [1.82, 2.24) is 9.80 Å². The molecular formula is C31H38N2O5. The summed E-state index contributed by atoms with van der Waals surface area (Å²) in [5.74, 6) is 2.80. The fraction of sp³-hybridized carbons (Fsp3) is 0.452. The largest absolute Gasteiger partial charge is 0.443 e. The van der Waals surface area contributed by atoms with Crippen LogP contribution in [0.15, 0.2) is 48.5 Å². The van der Waals surface area contributed by atoms with Gasteiger partial charge < -0.3 is 14.4 Å². The van der Waals surface area contributed by atoms with Crippen LogP contribution in [0.1, 0.15) is 87.4 Å². The van der Waals surface area contributed by atoms with E-state index in [0.717, 1.165) is 28.9 Å². The molecule has 0 N–H and O–H groups in total. The monoisotopic (exact) mass is 518 g/mol. The molecule has 0 atom stereocenters. The van der Waals surface area contributed by atoms with Gasteiger partial charge in [0.25, 0.3) is 5.91 Å². The molecule has 3 rings (SSSR count). The van der Waals surface area contributed by atoms with E-state index in [2.05, 4.69) is 5.92 Å². The lowest BCUT2D eigenvalue weighted by molar-refractivity contribution is -0.000272. The molecule has 1 saturated heterocycles. The van der Waals surface area contributed by atoms with Crippen molar-refractivity contribution >= 4 is 18.1 Å². The van der Waals surface area contributed by atoms with E-state index in [1.54, 1.807) is 53.7 Å². The maximum atomic E-state index is 13.1. The summed E-state index contributed by atoms with van der Waals surface area (Å²) in [6.07, 6.45) is 5.67. The van der Waals surface area contributed by atoms with Crippen molar-refractivity contribution in [3.63, 3.8) is 0 Å². The molecule has 1 heterocycles. The van der Waals surface area contributed by atoms with Crippen LogP contribution in [0.5, 0.6) is 0 Å². The van der Waals surface area contributed by atoms with Crippen LogP contribution in [-0.2, 0) is 16.0 Å². The van der Waals surface area contributed by atoms with Crippen molar-refractivity contribution in [1.29, 1.82) is 0 Å². The number of rotatable bonds is 4. The number of likely N-dealkylation sites (tertiary alicyclic amines) is 1. The number of ether oxygens (including phenoxy) is 2. The molecule has 7 heteroatoms. The Morgan fingerprint density at radius 2 is 1.50 bits per heavy atom. The number of hydrogen-bond donors (Lipinski definition) is 0. The second-order valence-electron chi connectivity index (χ2n) is 11.5. The van der Waals surface area contributed by atoms with E-state index < -0.39 is 23.4 Å². The zero-order valence-corrected chi connectivity index (χ0v) is 23.2. The molecule has 1 aliphatic heterocycles. The number of nitrogens with zero attached hydrogens (tertiary/aromatic N) is 2. The first-order chi connectivity index (χ1) is 17.8. The molecule has 0 radical (unpaired) electrons. The fourth-order valence-corrected chi connectivity index (χ4v) is 4.35. The van der Waals surface area contributed by atoms with Crippen molar-refractivity contribution in [2.75, 3.05) is 13.1 Å². The minimum atomic E-state index is -0.759. The zero-order chi connectivity index (χ0) is 28.1. The van der Waals surface area contributed by atoms with Gasteiger partial charge in [-0.3, -0.25) is 4.79 Å². The Hall–Kier alpha value is -3.79. The van der Waals surface area contributed by atoms with Crippen LogP contribution >= 0.6 is 0 Å². The normalized spacial score (nSPS) is 14.4. The Bertz CT molecular complexity index is 1180. The van der Waals surface area contributed by atoms with E-state index in [1.165, 1.54) is 0 Å². The molecule has 202 valence electrons. The molecule has 2 aromatic carbocycles. The van der Waals surface area contributed by atoms with Crippen LogP contribution in [0.25, 0.3) is 0 Å². The van der Waals surface area contributed by atoms with Gasteiger partial charge in [-0.25, -0.2) is 14.5 Å². The molecule has 0 spiro atoms. The standard InChI is InChI=1S/C31H38N2O5/c1-8-23-13-9-10-15-26(23)27(34)32-18-16-24(17-19-32)25-14-11-12-22(20-25)21-33(28(35)37-30(2,3)4)29(36)38-31(5,6)7/h1,9-15,20,24H,16-19,21H2,2-7H3. The van der Waals surface area contributed by atoms with Crippen molar-refractivity contribution in [2.45, 2.75) is 78.0 Å². The summed E-state index contributed by atoms with van der Waals surface area (Å²) in [7, 11) is 0. The Balaban J connectivity index is 1.72. The first kappa shape index (κ1) is 28.8. The molecule has 0 aliphatic carbocycles. The highest BCUT2D eigenvalue weighted by Crippen LogP contribution is 2.30. The SMILES string of the molecule is C#Cc1ccccc1C(=O)N1CCC(c2cccc(CN(C(=O)OC(C)(C)C)C(=O)OC(C)(C)C)c2)CC1. The number of carbonyl (C=O) groups is 3. The highest BCUT2D eigenvalue weighted by molar-refractivity contribution is 5.96. The van der Waals surface area contributed by atoms with E-state index in [4.69, 9.17) is 15.9 Å². The van der Waals surface area contributed by atoms with Crippen LogP contribution < -0.4 is 0 Å². The molecule has 0 aromatic heterocycles. The number of amides is 3. The lowest BCUT2D eigenvalue weighted by Gasteiger charge is -2.33. The Morgan fingerprint density at radius 3 is 2.05 bits per heavy atom. The highest BCUT2D eigenvalue weighted by atomic mass is 16.6. The van der Waals surface area contributed by atoms with E-state index in [9.17, 15) is 14.4 Å². The van der Waals surface area contributed by atoms with E-state index >= 15 is 0 Å². The second kappa shape index (κ2) is 11.7. The highest BCUT2D eigenvalue weighted by Gasteiger charge is 2.32. The maximum absolute atomic E-state index is 13.1. The zero-order valence-electron chi connectivity index (χ0n) is 23.2. The quantitative estimate of drug-likeness (QED) is 0.440. The van der Waals surface area contributed by atoms with Gasteiger partial charge in [-0.15, -0.1) is 6.42 Å². The number of benzene rings is 2. The summed E-state index contributed by atoms with van der Waals surface area (Å²) >= 11 is 0. The van der Waals surface area contributed by atoms with Gasteiger partial charge in [0.05, 0.1) is 12.1 Å². The van der Waals surface area contributed by atoms with Gasteiger partial charge >= 0.3 is 12.2 Å². The molecule has 1 fully saturated rings. The van der Waals surface area contributed by atoms with Gasteiger partial charge in [-0.2, -0.15) is 0 Å². The van der Waals surface area contributed by atoms with Crippen LogP contribution in [0, 0.1) is 12.3 Å². The number of terminal acetylenes is 1. The van der Waals surface area contributed by atoms with Gasteiger partial charge in [0.15, 0.2) is 0 Å². The summed E-state index contributed by atoms with van der Waals surface area (Å²) in [5, 5.41) is 0. The Kier molecular flexibility index (Phi) is 8.88. The van der Waals surface area contributed by atoms with Crippen LogP contribution in [0.4, 0.5) is 9.59 Å². The number of hydrogen-bond acceptors (Lipinski definition) is 5. The van der Waals surface area contributed by atoms with Crippen LogP contribution in [-0.4, -0.2) is 52.2 Å². The number of piperidine rings is 1. The molecule has 0 bridgehead atoms. The predicted octanol–water partition coefficient (Wildman–Crippen LogP) is 6.36. The summed E-state index contributed by atoms with van der Waals surface area (Å²) in [6, 6.07) is 15.1. The van der Waals surface area contributed by atoms with Crippen LogP contribution in [0.3, 0.4) is 0 Å². The van der Waals surface area contributed by atoms with Crippen molar-refractivity contribution in [3.8, 4) is 12.3 Å². The van der Waals surface area contributed by atoms with Crippen molar-refractivity contribution in [3.05, 3.63) is 70.8 Å². The summed E-state index contributed by atoms with van der Waals surface area (Å²) in [4.78, 5) is 41.7. The average molecular weight is 519 g/mol. The van der Waals surface area contributed by atoms with Crippen LogP contribution in [0.2, 0.25) is 0 Å². The first-order valence-corrected chi connectivity index (χ1v) is 12.9. The maximum Gasteiger partial charge on any atom is 0.420 e. The van der Waals surface area contributed by atoms with E-state index in [1.807, 2.05) is 41.3 Å². The third-order valence-corrected chi connectivity index (χ3v) is 6.09. The lowest BCUT2D eigenvalue weighted by Crippen LogP contribution is -2.43. The molecule has 1 aliphatic rings. The Labute approximate surface area is 226 Å². The molecule has 7 nitrogen and oxygen atoms in total. The van der Waals surface area contributed by atoms with Gasteiger partial charge in [0, 0.05) is 18.7 Å². The van der Waals surface area contributed by atoms with Gasteiger partial charge in [0.2, 0.25) is 0 Å². The second-order valence-corrected chi connectivity index (χ2v) is 11.5. The molecule has 3 amide bonds. The smallest absolute Gasteiger partial charge is 0.420 e. The van der Waals surface area contributed by atoms with Gasteiger partial charge in [-0.05, 0) is 83.6 Å². The fourth-order valence-electron chi connectivity index (χ4n) is 4.35. The summed E-state index contributed by atoms with van der Waals surface area (Å²) in [6.45, 7) is 11.8. The van der Waals surface area contributed by atoms with Gasteiger partial charge in [-0.1, -0.05) is 42.3 Å². The minimum absolute atomic E-state index is 0.0257. The molecule has 0 saturated carbocycles. The van der Waals surface area contributed by atoms with Crippen molar-refractivity contribution in [2.24, 2.45) is 0 Å². The topological polar surface area (TPSA) is 76.2 Å². The van der Waals surface area contributed by atoms with E-state index in [-0.39, 0.29) is 18.4 Å². The third-order valence-electron chi connectivity index (χ3n) is 6.09. The average Bonchev–Trinajstić information content (AvgIpc) is 2.85. The third kappa shape index (κ3) is 7.85. The van der Waals surface area contributed by atoms with Crippen molar-refractivity contribution < 1.29 is 23.9 Å². The molecule has 0 unspecified atom stereocenters. The predicted molar refractivity (Wildman–Crippen MR) is 147 cm³/mol.